The summed E-state index contributed by atoms with van der Waals surface area (Å²) in [5.41, 5.74) is 3.79. The number of nitrogens with zero attached hydrogens (tertiary/aromatic N) is 2. The first-order valence-corrected chi connectivity index (χ1v) is 14.9. The zero-order valence-electron chi connectivity index (χ0n) is 24.1. The molecule has 43 heavy (non-hydrogen) atoms. The number of amides is 1. The number of nitrogens with one attached hydrogen (secondary N) is 1. The van der Waals surface area contributed by atoms with Crippen molar-refractivity contribution in [2.75, 3.05) is 6.61 Å². The minimum Gasteiger partial charge on any atom is -0.479 e. The van der Waals surface area contributed by atoms with Crippen LogP contribution in [0.2, 0.25) is 0 Å². The molecular weight excluding hydrogens is 553 g/mol. The van der Waals surface area contributed by atoms with Gasteiger partial charge in [0.1, 0.15) is 18.1 Å². The van der Waals surface area contributed by atoms with Gasteiger partial charge in [-0.1, -0.05) is 6.92 Å². The van der Waals surface area contributed by atoms with E-state index in [1.807, 2.05) is 5.94 Å². The van der Waals surface area contributed by atoms with Crippen molar-refractivity contribution in [3.05, 3.63) is 68.5 Å². The van der Waals surface area contributed by atoms with Gasteiger partial charge in [0, 0.05) is 34.1 Å². The minimum absolute atomic E-state index is 0.0585. The van der Waals surface area contributed by atoms with E-state index >= 15 is 4.39 Å². The van der Waals surface area contributed by atoms with Crippen LogP contribution in [0, 0.1) is 18.7 Å². The summed E-state index contributed by atoms with van der Waals surface area (Å²) in [5.74, 6) is 2.89. The Bertz CT molecular complexity index is 1770. The van der Waals surface area contributed by atoms with Gasteiger partial charge < -0.3 is 25.2 Å². The smallest absolute Gasteiger partial charge is 0.223 e. The molecule has 7 rings (SSSR count). The van der Waals surface area contributed by atoms with Gasteiger partial charge in [0.05, 0.1) is 35.6 Å². The summed E-state index contributed by atoms with van der Waals surface area (Å²) in [6.45, 7) is 3.62. The van der Waals surface area contributed by atoms with E-state index in [4.69, 9.17) is 9.72 Å². The highest BCUT2D eigenvalue weighted by atomic mass is 19.1. The Morgan fingerprint density at radius 2 is 1.98 bits per heavy atom. The number of aliphatic hydroxyl groups excluding tert-OH is 1. The number of hydrogen-bond donors (Lipinski definition) is 3. The van der Waals surface area contributed by atoms with E-state index < -0.39 is 5.60 Å². The number of aryl methyl sites for hydroxylation is 1. The summed E-state index contributed by atoms with van der Waals surface area (Å²) >= 11 is 0. The van der Waals surface area contributed by atoms with Crippen LogP contribution < -0.4 is 5.32 Å². The fourth-order valence-electron chi connectivity index (χ4n) is 7.63. The molecule has 0 radical (unpaired) electrons. The van der Waals surface area contributed by atoms with E-state index in [0.717, 1.165) is 22.1 Å². The van der Waals surface area contributed by atoms with E-state index in [9.17, 15) is 24.6 Å². The molecule has 3 aliphatic heterocycles. The van der Waals surface area contributed by atoms with Gasteiger partial charge >= 0.3 is 0 Å². The van der Waals surface area contributed by atoms with Crippen molar-refractivity contribution in [1.82, 2.24) is 15.2 Å². The quantitative estimate of drug-likeness (QED) is 0.468. The number of fused-ring (bicyclic) bond motifs is 4. The Hall–Kier alpha value is -4.07. The standard InChI is InChI=1S/C33H32FN3O6/c1-3-33(42)22-10-26-31-20(12-37(26)27(13-38)21(22)15-43-28(33)14-39)30-24(36-32(41)17-4-6-18(40)7-5-17)9-8-19-16(2)23(34)11-25(35-31)29(19)30/h10-11,17-18,24,40,42H,3-9,12,15H2,1-2H3,(H,36,41)/t17?,18?,24-,33-/m0/s1. The molecule has 1 amide bonds. The highest BCUT2D eigenvalue weighted by Gasteiger charge is 2.48. The molecule has 1 saturated carbocycles. The molecule has 2 atom stereocenters. The van der Waals surface area contributed by atoms with Crippen LogP contribution in [0.1, 0.15) is 79.4 Å². The molecule has 9 nitrogen and oxygen atoms in total. The maximum atomic E-state index is 15.2. The van der Waals surface area contributed by atoms with E-state index in [-0.39, 0.29) is 60.8 Å². The Balaban J connectivity index is 1.41. The summed E-state index contributed by atoms with van der Waals surface area (Å²) in [5, 5.41) is 25.6. The van der Waals surface area contributed by atoms with Crippen LogP contribution in [0.15, 0.2) is 34.7 Å². The van der Waals surface area contributed by atoms with Gasteiger partial charge in [-0.05, 0) is 74.6 Å². The average Bonchev–Trinajstić information content (AvgIpc) is 3.37. The lowest BCUT2D eigenvalue weighted by Crippen LogP contribution is -2.42. The molecule has 2 aromatic rings. The Kier molecular flexibility index (Phi) is 6.45. The maximum absolute atomic E-state index is 15.2. The van der Waals surface area contributed by atoms with Crippen LogP contribution in [0.3, 0.4) is 0 Å². The van der Waals surface area contributed by atoms with Crippen molar-refractivity contribution >= 4 is 34.4 Å². The number of benzene rings is 1. The summed E-state index contributed by atoms with van der Waals surface area (Å²) in [7, 11) is 0. The molecular formula is C33H32FN3O6. The van der Waals surface area contributed by atoms with Crippen LogP contribution in [0.25, 0.3) is 16.6 Å². The molecule has 0 saturated heterocycles. The minimum atomic E-state index is -1.79. The van der Waals surface area contributed by atoms with Gasteiger partial charge in [0.2, 0.25) is 11.7 Å². The summed E-state index contributed by atoms with van der Waals surface area (Å²) < 4.78 is 20.7. The Morgan fingerprint density at radius 3 is 2.67 bits per heavy atom. The summed E-state index contributed by atoms with van der Waals surface area (Å²) in [6.07, 6.45) is 5.04. The third-order valence-corrected chi connectivity index (χ3v) is 10.1. The zero-order chi connectivity index (χ0) is 30.2. The first-order chi connectivity index (χ1) is 20.7. The highest BCUT2D eigenvalue weighted by molar-refractivity contribution is 5.94. The van der Waals surface area contributed by atoms with E-state index in [2.05, 4.69) is 5.32 Å². The second kappa shape index (κ2) is 10.00. The summed E-state index contributed by atoms with van der Waals surface area (Å²) in [6, 6.07) is 1.06. The maximum Gasteiger partial charge on any atom is 0.223 e. The molecule has 1 fully saturated rings. The highest BCUT2D eigenvalue weighted by Crippen LogP contribution is 2.51. The monoisotopic (exact) mass is 585 g/mol. The summed E-state index contributed by atoms with van der Waals surface area (Å²) in [4.78, 5) is 44.3. The molecule has 3 N–H and O–H groups in total. The van der Waals surface area contributed by atoms with Crippen LogP contribution >= 0.6 is 0 Å². The predicted octanol–water partition coefficient (Wildman–Crippen LogP) is 3.41. The number of carbonyl (C=O) groups is 1. The zero-order valence-corrected chi connectivity index (χ0v) is 24.1. The van der Waals surface area contributed by atoms with Gasteiger partial charge in [0.15, 0.2) is 17.5 Å². The molecule has 222 valence electrons. The van der Waals surface area contributed by atoms with Gasteiger partial charge in [-0.15, -0.1) is 0 Å². The van der Waals surface area contributed by atoms with Crippen molar-refractivity contribution < 1.29 is 33.7 Å². The number of aromatic nitrogens is 1. The van der Waals surface area contributed by atoms with Crippen LogP contribution in [0.5, 0.6) is 0 Å². The number of pyridine rings is 1. The molecule has 0 bridgehead atoms. The third-order valence-electron chi connectivity index (χ3n) is 10.1. The number of rotatable bonds is 3. The lowest BCUT2D eigenvalue weighted by atomic mass is 9.80. The van der Waals surface area contributed by atoms with Crippen LogP contribution in [-0.4, -0.2) is 56.2 Å². The molecule has 4 heterocycles. The molecule has 5 aliphatic rings. The second-order valence-corrected chi connectivity index (χ2v) is 12.2. The number of aliphatic hydroxyl groups is 2. The van der Waals surface area contributed by atoms with Crippen LogP contribution in [-0.2, 0) is 32.1 Å². The van der Waals surface area contributed by atoms with Crippen molar-refractivity contribution in [2.24, 2.45) is 5.92 Å². The van der Waals surface area contributed by atoms with E-state index in [1.165, 1.54) is 6.07 Å². The number of ether oxygens (including phenoxy) is 1. The first-order valence-electron chi connectivity index (χ1n) is 14.9. The number of carbonyl (C=O) groups excluding carboxylic acids is 3. The van der Waals surface area contributed by atoms with Gasteiger partial charge in [-0.3, -0.25) is 4.79 Å². The van der Waals surface area contributed by atoms with Gasteiger partial charge in [0.25, 0.3) is 0 Å². The molecule has 1 aromatic heterocycles. The van der Waals surface area contributed by atoms with E-state index in [0.29, 0.717) is 72.1 Å². The topological polar surface area (TPSA) is 129 Å². The Morgan fingerprint density at radius 1 is 1.21 bits per heavy atom. The van der Waals surface area contributed by atoms with Crippen molar-refractivity contribution in [2.45, 2.75) is 83.1 Å². The fraction of sp³-hybridized carbons (Fsp3) is 0.455. The van der Waals surface area contributed by atoms with Crippen LogP contribution in [0.4, 0.5) is 4.39 Å². The molecule has 10 heteroatoms. The largest absolute Gasteiger partial charge is 0.479 e. The molecule has 0 spiro atoms. The second-order valence-electron chi connectivity index (χ2n) is 12.2. The normalized spacial score (nSPS) is 27.5. The average molecular weight is 586 g/mol. The molecule has 1 aromatic carbocycles. The lowest BCUT2D eigenvalue weighted by Gasteiger charge is -2.39. The van der Waals surface area contributed by atoms with Gasteiger partial charge in [-0.25, -0.2) is 19.0 Å². The van der Waals surface area contributed by atoms with Crippen molar-refractivity contribution in [1.29, 1.82) is 0 Å². The predicted molar refractivity (Wildman–Crippen MR) is 154 cm³/mol. The number of halogens is 1. The molecule has 0 unspecified atom stereocenters. The van der Waals surface area contributed by atoms with Gasteiger partial charge in [-0.2, -0.15) is 0 Å². The first kappa shape index (κ1) is 27.7. The van der Waals surface area contributed by atoms with E-state index in [1.54, 1.807) is 30.8 Å². The van der Waals surface area contributed by atoms with Crippen molar-refractivity contribution in [3.63, 3.8) is 0 Å². The van der Waals surface area contributed by atoms with Crippen molar-refractivity contribution in [3.8, 4) is 0 Å². The fourth-order valence-corrected chi connectivity index (χ4v) is 7.63. The SMILES string of the molecule is CC[C@@]1(O)C(=C=O)OCC2=C1C=C1c3nc4cc(F)c(C)c5c4c(c3CN1C2=C=O)[C@@H](NC(=O)C1CCC(O)CC1)CC5. The third kappa shape index (κ3) is 3.98. The number of hydrogen-bond acceptors (Lipinski definition) is 8. The Labute approximate surface area is 247 Å². The lowest BCUT2D eigenvalue weighted by molar-refractivity contribution is -0.127. The molecule has 2 aliphatic carbocycles.